The van der Waals surface area contributed by atoms with Gasteiger partial charge in [0.1, 0.15) is 5.52 Å². The first-order valence-electron chi connectivity index (χ1n) is 9.96. The van der Waals surface area contributed by atoms with Crippen molar-refractivity contribution in [1.82, 2.24) is 19.7 Å². The molecule has 0 atom stereocenters. The number of pyridine rings is 1. The van der Waals surface area contributed by atoms with Crippen LogP contribution in [0.1, 0.15) is 18.4 Å². The maximum Gasteiger partial charge on any atom is 0.415 e. The quantitative estimate of drug-likeness (QED) is 0.766. The summed E-state index contributed by atoms with van der Waals surface area (Å²) in [5, 5.41) is 1.04. The van der Waals surface area contributed by atoms with Crippen LogP contribution in [0.2, 0.25) is 0 Å². The Balaban J connectivity index is 1.50. The lowest BCUT2D eigenvalue weighted by Gasteiger charge is -2.33. The average molecular weight is 378 g/mol. The van der Waals surface area contributed by atoms with Crippen molar-refractivity contribution in [3.8, 4) is 18.1 Å². The van der Waals surface area contributed by atoms with Gasteiger partial charge in [-0.05, 0) is 30.5 Å². The van der Waals surface area contributed by atoms with Crippen LogP contribution in [-0.4, -0.2) is 71.6 Å². The van der Waals surface area contributed by atoms with Gasteiger partial charge in [-0.3, -0.25) is 14.8 Å². The number of benzene rings is 1. The van der Waals surface area contributed by atoms with Gasteiger partial charge in [0.15, 0.2) is 5.75 Å². The molecular weight excluding hydrogens is 352 g/mol. The minimum absolute atomic E-state index is 0.276. The zero-order chi connectivity index (χ0) is 19.3. The Labute approximate surface area is 166 Å². The van der Waals surface area contributed by atoms with Crippen LogP contribution in [0.15, 0.2) is 30.5 Å². The van der Waals surface area contributed by atoms with Crippen LogP contribution in [0.25, 0.3) is 10.9 Å². The van der Waals surface area contributed by atoms with Gasteiger partial charge in [0.2, 0.25) is 0 Å². The Hall–Kier alpha value is -2.62. The number of fused-ring (bicyclic) bond motifs is 1. The summed E-state index contributed by atoms with van der Waals surface area (Å²) in [5.41, 5.74) is 1.95. The molecule has 2 aliphatic rings. The second-order valence-corrected chi connectivity index (χ2v) is 7.44. The normalized spacial score (nSPS) is 18.3. The molecule has 0 radical (unpaired) electrons. The molecule has 1 aromatic heterocycles. The Kier molecular flexibility index (Phi) is 5.75. The Morgan fingerprint density at radius 2 is 1.82 bits per heavy atom. The lowest BCUT2D eigenvalue weighted by molar-refractivity contribution is 0.139. The van der Waals surface area contributed by atoms with Crippen LogP contribution >= 0.6 is 0 Å². The highest BCUT2D eigenvalue weighted by Crippen LogP contribution is 2.28. The van der Waals surface area contributed by atoms with E-state index < -0.39 is 0 Å². The van der Waals surface area contributed by atoms with Crippen molar-refractivity contribution in [2.24, 2.45) is 0 Å². The largest absolute Gasteiger partial charge is 0.415 e. The van der Waals surface area contributed by atoms with Crippen molar-refractivity contribution in [2.45, 2.75) is 19.4 Å². The first-order chi connectivity index (χ1) is 13.7. The molecule has 1 amide bonds. The van der Waals surface area contributed by atoms with Crippen LogP contribution in [0.4, 0.5) is 4.79 Å². The molecule has 4 rings (SSSR count). The zero-order valence-corrected chi connectivity index (χ0v) is 16.1. The van der Waals surface area contributed by atoms with E-state index in [-0.39, 0.29) is 6.09 Å². The second kappa shape index (κ2) is 8.59. The number of aromatic nitrogens is 1. The number of hydrogen-bond donors (Lipinski definition) is 0. The molecule has 6 nitrogen and oxygen atoms in total. The Morgan fingerprint density at radius 3 is 2.57 bits per heavy atom. The van der Waals surface area contributed by atoms with Gasteiger partial charge < -0.3 is 9.64 Å². The van der Waals surface area contributed by atoms with E-state index in [0.29, 0.717) is 5.75 Å². The van der Waals surface area contributed by atoms with Crippen molar-refractivity contribution in [2.75, 3.05) is 45.8 Å². The number of ether oxygens (including phenoxy) is 1. The minimum atomic E-state index is -0.276. The molecule has 146 valence electrons. The SMILES string of the molecule is C#CCN1CCN(Cc2ccc(OC(=O)N3CCCC3)c3ncccc23)CC1. The molecule has 2 aliphatic heterocycles. The maximum atomic E-state index is 12.4. The smallest absolute Gasteiger partial charge is 0.408 e. The third kappa shape index (κ3) is 4.11. The average Bonchev–Trinajstić information content (AvgIpc) is 3.26. The molecular formula is C22H26N4O2. The summed E-state index contributed by atoms with van der Waals surface area (Å²) < 4.78 is 5.68. The van der Waals surface area contributed by atoms with Crippen LogP contribution < -0.4 is 4.74 Å². The molecule has 2 fully saturated rings. The summed E-state index contributed by atoms with van der Waals surface area (Å²) >= 11 is 0. The highest BCUT2D eigenvalue weighted by atomic mass is 16.6. The molecule has 3 heterocycles. The van der Waals surface area contributed by atoms with Gasteiger partial charge in [-0.15, -0.1) is 6.42 Å². The number of piperazine rings is 1. The standard InChI is InChI=1S/C22H26N4O2/c1-2-10-24-13-15-25(16-14-24)17-18-7-8-20(21-19(18)6-5-9-23-21)28-22(27)26-11-3-4-12-26/h1,5-9H,3-4,10-17H2. The van der Waals surface area contributed by atoms with E-state index in [4.69, 9.17) is 11.2 Å². The first-order valence-corrected chi connectivity index (χ1v) is 9.96. The monoisotopic (exact) mass is 378 g/mol. The van der Waals surface area contributed by atoms with Gasteiger partial charge in [-0.2, -0.15) is 0 Å². The van der Waals surface area contributed by atoms with Crippen molar-refractivity contribution in [3.05, 3.63) is 36.0 Å². The van der Waals surface area contributed by atoms with Crippen LogP contribution in [-0.2, 0) is 6.54 Å². The second-order valence-electron chi connectivity index (χ2n) is 7.44. The van der Waals surface area contributed by atoms with E-state index in [1.165, 1.54) is 5.56 Å². The van der Waals surface area contributed by atoms with E-state index in [0.717, 1.165) is 76.1 Å². The molecule has 2 saturated heterocycles. The lowest BCUT2D eigenvalue weighted by Crippen LogP contribution is -2.45. The predicted octanol–water partition coefficient (Wildman–Crippen LogP) is 2.58. The highest BCUT2D eigenvalue weighted by molar-refractivity contribution is 5.89. The predicted molar refractivity (Wildman–Crippen MR) is 109 cm³/mol. The zero-order valence-electron chi connectivity index (χ0n) is 16.1. The summed E-state index contributed by atoms with van der Waals surface area (Å²) in [4.78, 5) is 23.4. The molecule has 6 heteroatoms. The molecule has 0 N–H and O–H groups in total. The molecule has 0 aliphatic carbocycles. The van der Waals surface area contributed by atoms with E-state index >= 15 is 0 Å². The van der Waals surface area contributed by atoms with Crippen LogP contribution in [0.3, 0.4) is 0 Å². The minimum Gasteiger partial charge on any atom is -0.408 e. The lowest BCUT2D eigenvalue weighted by atomic mass is 10.1. The molecule has 1 aromatic carbocycles. The summed E-state index contributed by atoms with van der Waals surface area (Å²) in [5.74, 6) is 3.26. The summed E-state index contributed by atoms with van der Waals surface area (Å²) in [6.45, 7) is 7.09. The molecule has 28 heavy (non-hydrogen) atoms. The number of carbonyl (C=O) groups is 1. The topological polar surface area (TPSA) is 48.9 Å². The van der Waals surface area contributed by atoms with E-state index in [2.05, 4.69) is 32.8 Å². The van der Waals surface area contributed by atoms with E-state index in [1.54, 1.807) is 11.1 Å². The third-order valence-electron chi connectivity index (χ3n) is 5.56. The van der Waals surface area contributed by atoms with Gasteiger partial charge in [-0.1, -0.05) is 18.1 Å². The van der Waals surface area contributed by atoms with Crippen molar-refractivity contribution in [1.29, 1.82) is 0 Å². The van der Waals surface area contributed by atoms with E-state index in [1.807, 2.05) is 12.1 Å². The number of likely N-dealkylation sites (tertiary alicyclic amines) is 1. The number of rotatable bonds is 4. The van der Waals surface area contributed by atoms with Crippen LogP contribution in [0, 0.1) is 12.3 Å². The fraction of sp³-hybridized carbons (Fsp3) is 0.455. The number of hydrogen-bond acceptors (Lipinski definition) is 5. The van der Waals surface area contributed by atoms with Crippen molar-refractivity contribution in [3.63, 3.8) is 0 Å². The Bertz CT molecular complexity index is 878. The van der Waals surface area contributed by atoms with E-state index in [9.17, 15) is 4.79 Å². The number of amides is 1. The molecule has 0 unspecified atom stereocenters. The number of carbonyl (C=O) groups excluding carboxylic acids is 1. The fourth-order valence-electron chi connectivity index (χ4n) is 3.96. The first kappa shape index (κ1) is 18.7. The summed E-state index contributed by atoms with van der Waals surface area (Å²) in [7, 11) is 0. The molecule has 0 bridgehead atoms. The number of terminal acetylenes is 1. The van der Waals surface area contributed by atoms with Gasteiger partial charge in [0.25, 0.3) is 0 Å². The summed E-state index contributed by atoms with van der Waals surface area (Å²) in [6.07, 6.45) is 8.98. The van der Waals surface area contributed by atoms with Gasteiger partial charge in [0, 0.05) is 57.4 Å². The molecule has 2 aromatic rings. The highest BCUT2D eigenvalue weighted by Gasteiger charge is 2.22. The molecule has 0 spiro atoms. The third-order valence-corrected chi connectivity index (χ3v) is 5.56. The Morgan fingerprint density at radius 1 is 1.07 bits per heavy atom. The van der Waals surface area contributed by atoms with Gasteiger partial charge in [-0.25, -0.2) is 4.79 Å². The fourth-order valence-corrected chi connectivity index (χ4v) is 3.96. The van der Waals surface area contributed by atoms with Gasteiger partial charge in [0.05, 0.1) is 6.54 Å². The molecule has 0 saturated carbocycles. The van der Waals surface area contributed by atoms with Gasteiger partial charge >= 0.3 is 6.09 Å². The van der Waals surface area contributed by atoms with Crippen molar-refractivity contribution >= 4 is 17.0 Å². The van der Waals surface area contributed by atoms with Crippen LogP contribution in [0.5, 0.6) is 5.75 Å². The number of nitrogens with zero attached hydrogens (tertiary/aromatic N) is 4. The maximum absolute atomic E-state index is 12.4. The van der Waals surface area contributed by atoms with Crippen molar-refractivity contribution < 1.29 is 9.53 Å². The summed E-state index contributed by atoms with van der Waals surface area (Å²) in [6, 6.07) is 7.93.